The highest BCUT2D eigenvalue weighted by Crippen LogP contribution is 2.24. The van der Waals surface area contributed by atoms with Gasteiger partial charge in [-0.15, -0.1) is 0 Å². The second kappa shape index (κ2) is 2.36. The van der Waals surface area contributed by atoms with Crippen molar-refractivity contribution in [3.8, 4) is 0 Å². The summed E-state index contributed by atoms with van der Waals surface area (Å²) in [7, 11) is 0. The van der Waals surface area contributed by atoms with Gasteiger partial charge in [0.1, 0.15) is 0 Å². The van der Waals surface area contributed by atoms with Crippen LogP contribution in [0.5, 0.6) is 0 Å². The first-order valence-corrected chi connectivity index (χ1v) is 3.89. The molecule has 56 valence electrons. The summed E-state index contributed by atoms with van der Waals surface area (Å²) in [6.07, 6.45) is 6.76. The predicted octanol–water partition coefficient (Wildman–Crippen LogP) is 0.695. The fourth-order valence-electron chi connectivity index (χ4n) is 1.65. The molecule has 1 N–H and O–H groups in total. The van der Waals surface area contributed by atoms with Gasteiger partial charge in [-0.05, 0) is 12.8 Å². The van der Waals surface area contributed by atoms with Crippen LogP contribution in [-0.4, -0.2) is 25.3 Å². The van der Waals surface area contributed by atoms with Gasteiger partial charge in [-0.2, -0.15) is 0 Å². The van der Waals surface area contributed by atoms with E-state index >= 15 is 0 Å². The van der Waals surface area contributed by atoms with Gasteiger partial charge >= 0.3 is 0 Å². The van der Waals surface area contributed by atoms with Crippen molar-refractivity contribution in [1.82, 2.24) is 5.32 Å². The molecule has 2 heteroatoms. The third-order valence-corrected chi connectivity index (χ3v) is 2.37. The molecule has 10 heavy (non-hydrogen) atoms. The summed E-state index contributed by atoms with van der Waals surface area (Å²) in [4.78, 5) is 0. The minimum absolute atomic E-state index is 0.314. The summed E-state index contributed by atoms with van der Waals surface area (Å²) < 4.78 is 5.34. The van der Waals surface area contributed by atoms with Gasteiger partial charge in [0, 0.05) is 18.7 Å². The second-order valence-corrected chi connectivity index (χ2v) is 3.14. The Hall–Kier alpha value is -0.340. The zero-order chi connectivity index (χ0) is 6.86. The van der Waals surface area contributed by atoms with Crippen LogP contribution in [0, 0.1) is 0 Å². The van der Waals surface area contributed by atoms with Crippen molar-refractivity contribution in [2.45, 2.75) is 18.4 Å². The Morgan fingerprint density at radius 2 is 2.40 bits per heavy atom. The van der Waals surface area contributed by atoms with E-state index in [-0.39, 0.29) is 0 Å². The fourth-order valence-corrected chi connectivity index (χ4v) is 1.65. The SMILES string of the molecule is C1=CCC2(CCOC2)NC1. The van der Waals surface area contributed by atoms with Crippen LogP contribution in [0.4, 0.5) is 0 Å². The van der Waals surface area contributed by atoms with Gasteiger partial charge in [0.25, 0.3) is 0 Å². The van der Waals surface area contributed by atoms with E-state index in [0.717, 1.165) is 26.2 Å². The molecule has 1 atom stereocenters. The van der Waals surface area contributed by atoms with Gasteiger partial charge in [0.2, 0.25) is 0 Å². The first-order chi connectivity index (χ1) is 4.91. The molecule has 2 heterocycles. The van der Waals surface area contributed by atoms with Crippen molar-refractivity contribution in [3.05, 3.63) is 12.2 Å². The van der Waals surface area contributed by atoms with Crippen molar-refractivity contribution in [1.29, 1.82) is 0 Å². The maximum Gasteiger partial charge on any atom is 0.0652 e. The van der Waals surface area contributed by atoms with E-state index in [1.54, 1.807) is 0 Å². The molecule has 1 unspecified atom stereocenters. The topological polar surface area (TPSA) is 21.3 Å². The summed E-state index contributed by atoms with van der Waals surface area (Å²) in [5.74, 6) is 0. The van der Waals surface area contributed by atoms with E-state index in [1.807, 2.05) is 0 Å². The molecule has 2 nitrogen and oxygen atoms in total. The maximum absolute atomic E-state index is 5.34. The average Bonchev–Trinajstić information content (AvgIpc) is 2.39. The van der Waals surface area contributed by atoms with Crippen LogP contribution in [-0.2, 0) is 4.74 Å². The molecule has 1 fully saturated rings. The van der Waals surface area contributed by atoms with Gasteiger partial charge in [-0.3, -0.25) is 0 Å². The lowest BCUT2D eigenvalue weighted by atomic mass is 9.92. The Morgan fingerprint density at radius 1 is 1.40 bits per heavy atom. The van der Waals surface area contributed by atoms with Gasteiger partial charge in [0.15, 0.2) is 0 Å². The highest BCUT2D eigenvalue weighted by atomic mass is 16.5. The molecule has 0 saturated carbocycles. The largest absolute Gasteiger partial charge is 0.379 e. The highest BCUT2D eigenvalue weighted by molar-refractivity contribution is 5.05. The van der Waals surface area contributed by atoms with Crippen molar-refractivity contribution in [3.63, 3.8) is 0 Å². The zero-order valence-corrected chi connectivity index (χ0v) is 6.10. The number of ether oxygens (including phenoxy) is 1. The van der Waals surface area contributed by atoms with E-state index in [9.17, 15) is 0 Å². The van der Waals surface area contributed by atoms with Gasteiger partial charge < -0.3 is 10.1 Å². The van der Waals surface area contributed by atoms with Crippen molar-refractivity contribution >= 4 is 0 Å². The lowest BCUT2D eigenvalue weighted by Gasteiger charge is -2.29. The molecule has 0 amide bonds. The normalized spacial score (nSPS) is 39.2. The maximum atomic E-state index is 5.34. The minimum atomic E-state index is 0.314. The Morgan fingerprint density at radius 3 is 3.00 bits per heavy atom. The highest BCUT2D eigenvalue weighted by Gasteiger charge is 2.33. The smallest absolute Gasteiger partial charge is 0.0652 e. The second-order valence-electron chi connectivity index (χ2n) is 3.14. The molecule has 1 saturated heterocycles. The Labute approximate surface area is 61.3 Å². The summed E-state index contributed by atoms with van der Waals surface area (Å²) in [6.45, 7) is 2.85. The third kappa shape index (κ3) is 0.976. The van der Waals surface area contributed by atoms with Crippen molar-refractivity contribution in [2.24, 2.45) is 0 Å². The molecule has 0 bridgehead atoms. The van der Waals surface area contributed by atoms with Gasteiger partial charge in [-0.25, -0.2) is 0 Å². The Balaban J connectivity index is 2.06. The summed E-state index contributed by atoms with van der Waals surface area (Å²) in [6, 6.07) is 0. The number of rotatable bonds is 0. The summed E-state index contributed by atoms with van der Waals surface area (Å²) in [5, 5.41) is 3.48. The van der Waals surface area contributed by atoms with Crippen LogP contribution < -0.4 is 5.32 Å². The Kier molecular flexibility index (Phi) is 1.51. The molecule has 0 aromatic heterocycles. The van der Waals surface area contributed by atoms with Crippen molar-refractivity contribution in [2.75, 3.05) is 19.8 Å². The molecule has 2 aliphatic heterocycles. The van der Waals surface area contributed by atoms with E-state index in [1.165, 1.54) is 6.42 Å². The predicted molar refractivity (Wildman–Crippen MR) is 39.9 cm³/mol. The van der Waals surface area contributed by atoms with Crippen LogP contribution in [0.1, 0.15) is 12.8 Å². The van der Waals surface area contributed by atoms with Crippen LogP contribution in [0.3, 0.4) is 0 Å². The monoisotopic (exact) mass is 139 g/mol. The molecule has 1 spiro atoms. The van der Waals surface area contributed by atoms with E-state index in [2.05, 4.69) is 17.5 Å². The fraction of sp³-hybridized carbons (Fsp3) is 0.750. The first kappa shape index (κ1) is 6.38. The van der Waals surface area contributed by atoms with E-state index in [0.29, 0.717) is 5.54 Å². The van der Waals surface area contributed by atoms with Crippen LogP contribution in [0.25, 0.3) is 0 Å². The minimum Gasteiger partial charge on any atom is -0.379 e. The van der Waals surface area contributed by atoms with Crippen LogP contribution in [0.15, 0.2) is 12.2 Å². The molecule has 0 aliphatic carbocycles. The molecule has 0 aromatic carbocycles. The lowest BCUT2D eigenvalue weighted by molar-refractivity contribution is 0.167. The van der Waals surface area contributed by atoms with Crippen LogP contribution >= 0.6 is 0 Å². The first-order valence-electron chi connectivity index (χ1n) is 3.89. The molecule has 0 aromatic rings. The van der Waals surface area contributed by atoms with Crippen molar-refractivity contribution < 1.29 is 4.74 Å². The van der Waals surface area contributed by atoms with Gasteiger partial charge in [0.05, 0.1) is 6.61 Å². The molecule has 2 aliphatic rings. The van der Waals surface area contributed by atoms with Gasteiger partial charge in [-0.1, -0.05) is 12.2 Å². The number of hydrogen-bond acceptors (Lipinski definition) is 2. The lowest BCUT2D eigenvalue weighted by Crippen LogP contribution is -2.47. The molecular weight excluding hydrogens is 126 g/mol. The number of hydrogen-bond donors (Lipinski definition) is 1. The van der Waals surface area contributed by atoms with Crippen LogP contribution in [0.2, 0.25) is 0 Å². The van der Waals surface area contributed by atoms with E-state index in [4.69, 9.17) is 4.74 Å². The summed E-state index contributed by atoms with van der Waals surface area (Å²) >= 11 is 0. The standard InChI is InChI=1S/C8H13NO/c1-2-5-9-8(3-1)4-6-10-7-8/h1-2,9H,3-7H2. The average molecular weight is 139 g/mol. The van der Waals surface area contributed by atoms with E-state index < -0.39 is 0 Å². The molecular formula is C8H13NO. The molecule has 0 radical (unpaired) electrons. The molecule has 2 rings (SSSR count). The quantitative estimate of drug-likeness (QED) is 0.499. The number of nitrogens with one attached hydrogen (secondary N) is 1. The Bertz CT molecular complexity index is 147. The summed E-state index contributed by atoms with van der Waals surface area (Å²) in [5.41, 5.74) is 0.314. The zero-order valence-electron chi connectivity index (χ0n) is 6.10. The third-order valence-electron chi connectivity index (χ3n) is 2.37.